The topological polar surface area (TPSA) is 67.4 Å². The summed E-state index contributed by atoms with van der Waals surface area (Å²) in [5.74, 6) is 0.331. The molecule has 2 N–H and O–H groups in total. The van der Waals surface area contributed by atoms with Crippen molar-refractivity contribution < 1.29 is 14.3 Å². The maximum Gasteiger partial charge on any atom is 0.273 e. The molecule has 0 aliphatic heterocycles. The number of ether oxygens (including phenoxy) is 1. The standard InChI is InChI=1S/C18H17BrN2O3/c19-14-9-7-13(8-10-14)17(22)20-21-18(23)15-3-1-2-4-16(15)24-11-12-5-6-12/h1-4,7-10,12H,5-6,11H2,(H,20,22)(H,21,23). The fourth-order valence-electron chi connectivity index (χ4n) is 2.13. The smallest absolute Gasteiger partial charge is 0.273 e. The maximum absolute atomic E-state index is 12.3. The Bertz CT molecular complexity index is 742. The number of para-hydroxylation sites is 1. The minimum Gasteiger partial charge on any atom is -0.492 e. The molecule has 0 spiro atoms. The fourth-order valence-corrected chi connectivity index (χ4v) is 2.39. The second kappa shape index (κ2) is 7.49. The van der Waals surface area contributed by atoms with E-state index in [1.807, 2.05) is 6.07 Å². The summed E-state index contributed by atoms with van der Waals surface area (Å²) in [6.45, 7) is 0.621. The van der Waals surface area contributed by atoms with Gasteiger partial charge in [0.15, 0.2) is 0 Å². The summed E-state index contributed by atoms with van der Waals surface area (Å²) in [4.78, 5) is 24.3. The van der Waals surface area contributed by atoms with Gasteiger partial charge >= 0.3 is 0 Å². The Labute approximate surface area is 148 Å². The average Bonchev–Trinajstić information content (AvgIpc) is 3.43. The van der Waals surface area contributed by atoms with Crippen LogP contribution in [0.25, 0.3) is 0 Å². The summed E-state index contributed by atoms with van der Waals surface area (Å²) < 4.78 is 6.59. The van der Waals surface area contributed by atoms with Gasteiger partial charge in [-0.15, -0.1) is 0 Å². The van der Waals surface area contributed by atoms with Crippen LogP contribution in [0, 0.1) is 5.92 Å². The van der Waals surface area contributed by atoms with Crippen LogP contribution in [0.5, 0.6) is 5.75 Å². The van der Waals surface area contributed by atoms with E-state index in [4.69, 9.17) is 4.74 Å². The third-order valence-corrected chi connectivity index (χ3v) is 4.23. The molecule has 0 unspecified atom stereocenters. The Morgan fingerprint density at radius 3 is 2.38 bits per heavy atom. The summed E-state index contributed by atoms with van der Waals surface area (Å²) in [5, 5.41) is 0. The number of hydrazine groups is 1. The predicted molar refractivity (Wildman–Crippen MR) is 93.7 cm³/mol. The van der Waals surface area contributed by atoms with E-state index in [0.717, 1.165) is 4.47 Å². The van der Waals surface area contributed by atoms with E-state index in [9.17, 15) is 9.59 Å². The second-order valence-corrected chi connectivity index (χ2v) is 6.58. The average molecular weight is 389 g/mol. The van der Waals surface area contributed by atoms with Gasteiger partial charge in [0.05, 0.1) is 12.2 Å². The lowest BCUT2D eigenvalue weighted by Crippen LogP contribution is -2.41. The summed E-state index contributed by atoms with van der Waals surface area (Å²) in [6.07, 6.45) is 2.36. The number of carbonyl (C=O) groups excluding carboxylic acids is 2. The number of amides is 2. The van der Waals surface area contributed by atoms with Gasteiger partial charge in [-0.2, -0.15) is 0 Å². The third kappa shape index (κ3) is 4.35. The molecule has 2 aromatic rings. The molecule has 0 heterocycles. The highest BCUT2D eigenvalue weighted by molar-refractivity contribution is 9.10. The Hall–Kier alpha value is -2.34. The van der Waals surface area contributed by atoms with Gasteiger partial charge < -0.3 is 4.74 Å². The zero-order valence-electron chi connectivity index (χ0n) is 12.9. The van der Waals surface area contributed by atoms with Gasteiger partial charge in [-0.3, -0.25) is 20.4 Å². The Balaban J connectivity index is 1.60. The van der Waals surface area contributed by atoms with E-state index in [1.165, 1.54) is 12.8 Å². The molecular weight excluding hydrogens is 372 g/mol. The van der Waals surface area contributed by atoms with Crippen LogP contribution < -0.4 is 15.6 Å². The molecule has 0 atom stereocenters. The summed E-state index contributed by atoms with van der Waals surface area (Å²) in [5.41, 5.74) is 5.69. The highest BCUT2D eigenvalue weighted by Crippen LogP contribution is 2.30. The molecule has 1 fully saturated rings. The van der Waals surface area contributed by atoms with Crippen LogP contribution in [0.4, 0.5) is 0 Å². The van der Waals surface area contributed by atoms with Crippen molar-refractivity contribution in [2.45, 2.75) is 12.8 Å². The van der Waals surface area contributed by atoms with Gasteiger partial charge in [-0.1, -0.05) is 28.1 Å². The molecule has 0 bridgehead atoms. The number of halogens is 1. The molecule has 3 rings (SSSR count). The Morgan fingerprint density at radius 2 is 1.67 bits per heavy atom. The van der Waals surface area contributed by atoms with Crippen molar-refractivity contribution in [2.75, 3.05) is 6.61 Å². The van der Waals surface area contributed by atoms with Crippen LogP contribution in [-0.2, 0) is 0 Å². The Kier molecular flexibility index (Phi) is 5.15. The molecule has 6 heteroatoms. The SMILES string of the molecule is O=C(NNC(=O)c1ccccc1OCC1CC1)c1ccc(Br)cc1. The molecule has 1 saturated carbocycles. The monoisotopic (exact) mass is 388 g/mol. The van der Waals surface area contributed by atoms with Crippen LogP contribution in [0.15, 0.2) is 53.0 Å². The van der Waals surface area contributed by atoms with Crippen molar-refractivity contribution in [1.29, 1.82) is 0 Å². The quantitative estimate of drug-likeness (QED) is 0.772. The Morgan fingerprint density at radius 1 is 1.00 bits per heavy atom. The lowest BCUT2D eigenvalue weighted by Gasteiger charge is -2.12. The van der Waals surface area contributed by atoms with E-state index in [2.05, 4.69) is 26.8 Å². The molecule has 1 aliphatic carbocycles. The van der Waals surface area contributed by atoms with Crippen LogP contribution in [0.3, 0.4) is 0 Å². The molecule has 24 heavy (non-hydrogen) atoms. The van der Waals surface area contributed by atoms with Crippen molar-refractivity contribution in [1.82, 2.24) is 10.9 Å². The molecule has 0 radical (unpaired) electrons. The highest BCUT2D eigenvalue weighted by atomic mass is 79.9. The lowest BCUT2D eigenvalue weighted by molar-refractivity contribution is 0.0844. The third-order valence-electron chi connectivity index (χ3n) is 3.70. The van der Waals surface area contributed by atoms with E-state index in [-0.39, 0.29) is 5.91 Å². The van der Waals surface area contributed by atoms with E-state index < -0.39 is 5.91 Å². The lowest BCUT2D eigenvalue weighted by atomic mass is 10.2. The summed E-state index contributed by atoms with van der Waals surface area (Å²) in [7, 11) is 0. The minimum atomic E-state index is -0.410. The molecule has 124 valence electrons. The van der Waals surface area contributed by atoms with Gasteiger partial charge in [0.2, 0.25) is 0 Å². The van der Waals surface area contributed by atoms with Gasteiger partial charge in [0.25, 0.3) is 11.8 Å². The van der Waals surface area contributed by atoms with Gasteiger partial charge in [0.1, 0.15) is 5.75 Å². The first-order chi connectivity index (χ1) is 11.6. The number of benzene rings is 2. The first-order valence-electron chi connectivity index (χ1n) is 7.71. The molecule has 2 aromatic carbocycles. The van der Waals surface area contributed by atoms with Crippen molar-refractivity contribution in [3.05, 3.63) is 64.1 Å². The number of rotatable bonds is 5. The van der Waals surface area contributed by atoms with Crippen LogP contribution >= 0.6 is 15.9 Å². The molecule has 1 aliphatic rings. The maximum atomic E-state index is 12.3. The number of carbonyl (C=O) groups is 2. The summed E-state index contributed by atoms with van der Waals surface area (Å²) >= 11 is 3.31. The zero-order valence-corrected chi connectivity index (χ0v) is 14.5. The van der Waals surface area contributed by atoms with Crippen LogP contribution in [0.1, 0.15) is 33.6 Å². The van der Waals surface area contributed by atoms with E-state index in [1.54, 1.807) is 42.5 Å². The van der Waals surface area contributed by atoms with Crippen LogP contribution in [0.2, 0.25) is 0 Å². The van der Waals surface area contributed by atoms with Crippen molar-refractivity contribution in [2.24, 2.45) is 5.92 Å². The van der Waals surface area contributed by atoms with Crippen molar-refractivity contribution in [3.8, 4) is 5.75 Å². The first kappa shape index (κ1) is 16.5. The van der Waals surface area contributed by atoms with Crippen molar-refractivity contribution >= 4 is 27.7 Å². The van der Waals surface area contributed by atoms with Gasteiger partial charge in [-0.05, 0) is 55.2 Å². The number of hydrogen-bond donors (Lipinski definition) is 2. The van der Waals surface area contributed by atoms with Gasteiger partial charge in [0, 0.05) is 10.0 Å². The van der Waals surface area contributed by atoms with Crippen molar-refractivity contribution in [3.63, 3.8) is 0 Å². The van der Waals surface area contributed by atoms with Gasteiger partial charge in [-0.25, -0.2) is 0 Å². The number of nitrogens with one attached hydrogen (secondary N) is 2. The van der Waals surface area contributed by atoms with E-state index >= 15 is 0 Å². The fraction of sp³-hybridized carbons (Fsp3) is 0.222. The summed E-state index contributed by atoms with van der Waals surface area (Å²) in [6, 6.07) is 13.9. The largest absolute Gasteiger partial charge is 0.492 e. The molecule has 0 aromatic heterocycles. The predicted octanol–water partition coefficient (Wildman–Crippen LogP) is 3.31. The molecular formula is C18H17BrN2O3. The van der Waals surface area contributed by atoms with E-state index in [0.29, 0.717) is 29.4 Å². The first-order valence-corrected chi connectivity index (χ1v) is 8.51. The van der Waals surface area contributed by atoms with Crippen LogP contribution in [-0.4, -0.2) is 18.4 Å². The molecule has 5 nitrogen and oxygen atoms in total. The normalized spacial score (nSPS) is 13.2. The molecule has 2 amide bonds. The molecule has 0 saturated heterocycles. The number of hydrogen-bond acceptors (Lipinski definition) is 3. The highest BCUT2D eigenvalue weighted by Gasteiger charge is 2.23. The zero-order chi connectivity index (χ0) is 16.9. The minimum absolute atomic E-state index is 0.382. The second-order valence-electron chi connectivity index (χ2n) is 5.67.